The number of rotatable bonds is 6. The number of fused-ring (bicyclic) bond motifs is 1. The van der Waals surface area contributed by atoms with E-state index < -0.39 is 0 Å². The molecule has 2 aromatic heterocycles. The second kappa shape index (κ2) is 7.12. The molecule has 3 heterocycles. The molecule has 1 amide bonds. The van der Waals surface area contributed by atoms with Crippen molar-refractivity contribution in [3.05, 3.63) is 21.8 Å². The first-order chi connectivity index (χ1) is 11.6. The van der Waals surface area contributed by atoms with Crippen LogP contribution in [0.3, 0.4) is 0 Å². The van der Waals surface area contributed by atoms with Crippen LogP contribution in [0.4, 0.5) is 0 Å². The van der Waals surface area contributed by atoms with E-state index in [-0.39, 0.29) is 17.6 Å². The van der Waals surface area contributed by atoms with Gasteiger partial charge in [0.1, 0.15) is 5.76 Å². The average Bonchev–Trinajstić information content (AvgIpc) is 3.20. The van der Waals surface area contributed by atoms with Gasteiger partial charge in [0.25, 0.3) is 5.56 Å². The van der Waals surface area contributed by atoms with Crippen LogP contribution in [0.1, 0.15) is 37.1 Å². The molecule has 1 fully saturated rings. The van der Waals surface area contributed by atoms with E-state index in [9.17, 15) is 9.59 Å². The molecule has 0 saturated carbocycles. The molecule has 1 saturated heterocycles. The highest BCUT2D eigenvalue weighted by Crippen LogP contribution is 2.16. The Morgan fingerprint density at radius 1 is 1.42 bits per heavy atom. The summed E-state index contributed by atoms with van der Waals surface area (Å²) in [5, 5.41) is 11.6. The van der Waals surface area contributed by atoms with E-state index in [1.54, 1.807) is 6.92 Å². The Kier molecular flexibility index (Phi) is 4.94. The maximum atomic E-state index is 12.3. The number of carbonyl (C=O) groups excluding carboxylic acids is 1. The largest absolute Gasteiger partial charge is 0.376 e. The molecule has 1 N–H and O–H groups in total. The van der Waals surface area contributed by atoms with Gasteiger partial charge >= 0.3 is 0 Å². The number of nitrogens with zero attached hydrogens (tertiary/aromatic N) is 3. The van der Waals surface area contributed by atoms with Gasteiger partial charge in [0.2, 0.25) is 5.91 Å². The van der Waals surface area contributed by atoms with Gasteiger partial charge in [0.15, 0.2) is 5.52 Å². The summed E-state index contributed by atoms with van der Waals surface area (Å²) in [6, 6.07) is 0. The molecule has 8 nitrogen and oxygen atoms in total. The highest BCUT2D eigenvalue weighted by Gasteiger charge is 2.17. The van der Waals surface area contributed by atoms with Gasteiger partial charge in [-0.3, -0.25) is 9.59 Å². The highest BCUT2D eigenvalue weighted by molar-refractivity contribution is 5.81. The summed E-state index contributed by atoms with van der Waals surface area (Å²) in [6.45, 7) is 5.27. The fourth-order valence-electron chi connectivity index (χ4n) is 3.01. The third-order valence-corrected chi connectivity index (χ3v) is 4.26. The van der Waals surface area contributed by atoms with Crippen LogP contribution < -0.4 is 10.9 Å². The van der Waals surface area contributed by atoms with Crippen molar-refractivity contribution in [2.45, 2.75) is 52.2 Å². The molecule has 1 unspecified atom stereocenters. The van der Waals surface area contributed by atoms with E-state index in [4.69, 9.17) is 9.26 Å². The zero-order valence-corrected chi connectivity index (χ0v) is 14.0. The fraction of sp³-hybridized carbons (Fsp3) is 0.625. The molecule has 1 aliphatic rings. The number of aromatic nitrogens is 3. The van der Waals surface area contributed by atoms with E-state index in [0.717, 1.165) is 19.4 Å². The van der Waals surface area contributed by atoms with E-state index >= 15 is 0 Å². The lowest BCUT2D eigenvalue weighted by Gasteiger charge is -2.11. The van der Waals surface area contributed by atoms with Gasteiger partial charge < -0.3 is 14.6 Å². The van der Waals surface area contributed by atoms with Gasteiger partial charge in [-0.1, -0.05) is 5.16 Å². The van der Waals surface area contributed by atoms with E-state index in [1.807, 2.05) is 6.92 Å². The topological polar surface area (TPSA) is 99.2 Å². The second-order valence-corrected chi connectivity index (χ2v) is 6.12. The number of carbonyl (C=O) groups is 1. The first kappa shape index (κ1) is 16.6. The Bertz CT molecular complexity index is 789. The molecular weight excluding hydrogens is 312 g/mol. The predicted octanol–water partition coefficient (Wildman–Crippen LogP) is 1.08. The zero-order valence-electron chi connectivity index (χ0n) is 14.0. The maximum Gasteiger partial charge on any atom is 0.296 e. The van der Waals surface area contributed by atoms with Crippen molar-refractivity contribution < 1.29 is 14.1 Å². The molecule has 1 atom stereocenters. The molecule has 0 bridgehead atoms. The molecule has 1 aliphatic heterocycles. The van der Waals surface area contributed by atoms with E-state index in [0.29, 0.717) is 48.3 Å². The summed E-state index contributed by atoms with van der Waals surface area (Å²) in [5.41, 5.74) is 0.709. The average molecular weight is 334 g/mol. The number of hydrogen-bond donors (Lipinski definition) is 1. The van der Waals surface area contributed by atoms with Crippen molar-refractivity contribution in [2.24, 2.45) is 0 Å². The summed E-state index contributed by atoms with van der Waals surface area (Å²) in [6.07, 6.45) is 3.06. The molecule has 0 spiro atoms. The number of amides is 1. The molecule has 3 rings (SSSR count). The smallest absolute Gasteiger partial charge is 0.296 e. The van der Waals surface area contributed by atoms with E-state index in [1.165, 1.54) is 4.68 Å². The normalized spacial score (nSPS) is 17.5. The van der Waals surface area contributed by atoms with Gasteiger partial charge in [0.05, 0.1) is 17.2 Å². The summed E-state index contributed by atoms with van der Waals surface area (Å²) in [5.74, 6) is 0.557. The number of nitrogens with one attached hydrogen (secondary N) is 1. The highest BCUT2D eigenvalue weighted by atomic mass is 16.5. The number of aryl methyl sites for hydroxylation is 3. The second-order valence-electron chi connectivity index (χ2n) is 6.12. The summed E-state index contributed by atoms with van der Waals surface area (Å²) in [7, 11) is 0. The molecular formula is C16H22N4O4. The summed E-state index contributed by atoms with van der Waals surface area (Å²) >= 11 is 0. The quantitative estimate of drug-likeness (QED) is 0.848. The lowest BCUT2D eigenvalue weighted by atomic mass is 10.2. The zero-order chi connectivity index (χ0) is 17.1. The molecule has 0 radical (unpaired) electrons. The Morgan fingerprint density at radius 2 is 2.25 bits per heavy atom. The molecule has 0 aliphatic carbocycles. The standard InChI is InChI=1S/C16H22N4O4/c1-10-14-11(2)24-19-15(14)16(22)20(18-10)7-3-6-13(21)17-9-12-5-4-8-23-12/h12H,3-9H2,1-2H3,(H,17,21). The van der Waals surface area contributed by atoms with Crippen molar-refractivity contribution in [1.29, 1.82) is 0 Å². The van der Waals surface area contributed by atoms with Crippen LogP contribution in [0.25, 0.3) is 10.9 Å². The number of ether oxygens (including phenoxy) is 1. The van der Waals surface area contributed by atoms with Gasteiger partial charge in [-0.25, -0.2) is 4.68 Å². The van der Waals surface area contributed by atoms with Crippen LogP contribution in [-0.2, 0) is 16.1 Å². The van der Waals surface area contributed by atoms with Crippen molar-refractivity contribution in [2.75, 3.05) is 13.2 Å². The Morgan fingerprint density at radius 3 is 3.00 bits per heavy atom. The van der Waals surface area contributed by atoms with Crippen molar-refractivity contribution >= 4 is 16.8 Å². The van der Waals surface area contributed by atoms with Crippen LogP contribution in [0, 0.1) is 13.8 Å². The third-order valence-electron chi connectivity index (χ3n) is 4.26. The monoisotopic (exact) mass is 334 g/mol. The van der Waals surface area contributed by atoms with Gasteiger partial charge in [-0.05, 0) is 33.1 Å². The third kappa shape index (κ3) is 3.48. The van der Waals surface area contributed by atoms with Crippen LogP contribution in [-0.4, -0.2) is 40.1 Å². The van der Waals surface area contributed by atoms with Crippen LogP contribution in [0.5, 0.6) is 0 Å². The molecule has 130 valence electrons. The Hall–Kier alpha value is -2.22. The van der Waals surface area contributed by atoms with Gasteiger partial charge in [0, 0.05) is 26.1 Å². The van der Waals surface area contributed by atoms with Crippen LogP contribution in [0.2, 0.25) is 0 Å². The maximum absolute atomic E-state index is 12.3. The molecule has 0 aromatic carbocycles. The summed E-state index contributed by atoms with van der Waals surface area (Å²) < 4.78 is 11.9. The van der Waals surface area contributed by atoms with Crippen LogP contribution in [0.15, 0.2) is 9.32 Å². The number of hydrogen-bond acceptors (Lipinski definition) is 6. The van der Waals surface area contributed by atoms with E-state index in [2.05, 4.69) is 15.6 Å². The first-order valence-electron chi connectivity index (χ1n) is 8.28. The van der Waals surface area contributed by atoms with Crippen molar-refractivity contribution in [1.82, 2.24) is 20.3 Å². The lowest BCUT2D eigenvalue weighted by molar-refractivity contribution is -0.121. The predicted molar refractivity (Wildman–Crippen MR) is 86.8 cm³/mol. The molecule has 24 heavy (non-hydrogen) atoms. The van der Waals surface area contributed by atoms with Crippen LogP contribution >= 0.6 is 0 Å². The van der Waals surface area contributed by atoms with Crippen molar-refractivity contribution in [3.8, 4) is 0 Å². The molecule has 8 heteroatoms. The summed E-state index contributed by atoms with van der Waals surface area (Å²) in [4.78, 5) is 24.2. The SMILES string of the molecule is Cc1nn(CCCC(=O)NCC2CCCO2)c(=O)c2noc(C)c12. The van der Waals surface area contributed by atoms with Gasteiger partial charge in [-0.2, -0.15) is 5.10 Å². The van der Waals surface area contributed by atoms with Gasteiger partial charge in [-0.15, -0.1) is 0 Å². The Labute approximate surface area is 139 Å². The minimum absolute atomic E-state index is 0.0337. The Balaban J connectivity index is 1.55. The fourth-order valence-corrected chi connectivity index (χ4v) is 3.01. The first-order valence-corrected chi connectivity index (χ1v) is 8.28. The van der Waals surface area contributed by atoms with Crippen molar-refractivity contribution in [3.63, 3.8) is 0 Å². The minimum Gasteiger partial charge on any atom is -0.376 e. The molecule has 2 aromatic rings. The lowest BCUT2D eigenvalue weighted by Crippen LogP contribution is -2.32. The minimum atomic E-state index is -0.285.